The van der Waals surface area contributed by atoms with Crippen LogP contribution in [-0.4, -0.2) is 44.3 Å². The van der Waals surface area contributed by atoms with Gasteiger partial charge in [0.1, 0.15) is 6.04 Å². The van der Waals surface area contributed by atoms with Gasteiger partial charge in [-0.2, -0.15) is 5.10 Å². The third-order valence-electron chi connectivity index (χ3n) is 5.77. The summed E-state index contributed by atoms with van der Waals surface area (Å²) in [6.45, 7) is 4.48. The molecule has 1 aromatic carbocycles. The van der Waals surface area contributed by atoms with Gasteiger partial charge in [-0.05, 0) is 68.9 Å². The van der Waals surface area contributed by atoms with Crippen LogP contribution in [0.2, 0.25) is 0 Å². The third kappa shape index (κ3) is 2.69. The lowest BCUT2D eigenvalue weighted by atomic mass is 9.94. The van der Waals surface area contributed by atoms with E-state index < -0.39 is 12.0 Å². The van der Waals surface area contributed by atoms with E-state index in [2.05, 4.69) is 5.10 Å². The molecule has 136 valence electrons. The first-order valence-electron chi connectivity index (χ1n) is 9.13. The van der Waals surface area contributed by atoms with Gasteiger partial charge in [-0.25, -0.2) is 9.48 Å². The molecule has 1 saturated carbocycles. The number of rotatable bonds is 3. The number of fused-ring (bicyclic) bond motifs is 1. The Kier molecular flexibility index (Phi) is 4.05. The monoisotopic (exact) mass is 353 g/mol. The molecule has 1 N–H and O–H groups in total. The molecule has 0 spiro atoms. The Morgan fingerprint density at radius 2 is 1.88 bits per heavy atom. The zero-order valence-electron chi connectivity index (χ0n) is 15.1. The number of likely N-dealkylation sites (tertiary alicyclic amines) is 1. The summed E-state index contributed by atoms with van der Waals surface area (Å²) >= 11 is 0. The Morgan fingerprint density at radius 3 is 2.50 bits per heavy atom. The Balaban J connectivity index is 1.58. The fourth-order valence-electron chi connectivity index (χ4n) is 4.63. The molecule has 6 nitrogen and oxygen atoms in total. The maximum absolute atomic E-state index is 13.0. The first-order chi connectivity index (χ1) is 12.5. The quantitative estimate of drug-likeness (QED) is 0.921. The lowest BCUT2D eigenvalue weighted by Crippen LogP contribution is -2.43. The normalized spacial score (nSPS) is 24.7. The third-order valence-corrected chi connectivity index (χ3v) is 5.77. The number of aryl methyl sites for hydroxylation is 2. The maximum atomic E-state index is 13.0. The fourth-order valence-corrected chi connectivity index (χ4v) is 4.63. The van der Waals surface area contributed by atoms with Gasteiger partial charge in [0, 0.05) is 17.8 Å². The summed E-state index contributed by atoms with van der Waals surface area (Å²) in [7, 11) is 0. The second-order valence-corrected chi connectivity index (χ2v) is 7.48. The second kappa shape index (κ2) is 6.27. The number of carboxylic acid groups (broad SMARTS) is 1. The predicted octanol–water partition coefficient (Wildman–Crippen LogP) is 2.81. The Morgan fingerprint density at radius 1 is 1.15 bits per heavy atom. The van der Waals surface area contributed by atoms with Crippen LogP contribution in [-0.2, 0) is 4.79 Å². The molecule has 1 aliphatic heterocycles. The Hall–Kier alpha value is -2.63. The van der Waals surface area contributed by atoms with E-state index in [-0.39, 0.29) is 11.8 Å². The highest BCUT2D eigenvalue weighted by Crippen LogP contribution is 2.42. The summed E-state index contributed by atoms with van der Waals surface area (Å²) in [5.74, 6) is -0.641. The van der Waals surface area contributed by atoms with Crippen LogP contribution in [0.1, 0.15) is 41.0 Å². The first kappa shape index (κ1) is 16.8. The van der Waals surface area contributed by atoms with Crippen LogP contribution < -0.4 is 0 Å². The van der Waals surface area contributed by atoms with Crippen molar-refractivity contribution in [2.75, 3.05) is 6.54 Å². The highest BCUT2D eigenvalue weighted by molar-refractivity contribution is 5.97. The number of hydrogen-bond donors (Lipinski definition) is 1. The molecule has 1 amide bonds. The van der Waals surface area contributed by atoms with E-state index in [0.29, 0.717) is 18.0 Å². The van der Waals surface area contributed by atoms with Crippen LogP contribution in [0, 0.1) is 25.7 Å². The number of aliphatic carboxylic acids is 1. The largest absolute Gasteiger partial charge is 0.480 e. The van der Waals surface area contributed by atoms with E-state index in [1.165, 1.54) is 0 Å². The highest BCUT2D eigenvalue weighted by Gasteiger charge is 2.49. The van der Waals surface area contributed by atoms with Gasteiger partial charge >= 0.3 is 5.97 Å². The zero-order chi connectivity index (χ0) is 18.4. The van der Waals surface area contributed by atoms with Crippen molar-refractivity contribution in [3.05, 3.63) is 47.3 Å². The van der Waals surface area contributed by atoms with Gasteiger partial charge in [-0.3, -0.25) is 4.79 Å². The van der Waals surface area contributed by atoms with Crippen molar-refractivity contribution in [2.24, 2.45) is 11.8 Å². The molecule has 3 atom stereocenters. The van der Waals surface area contributed by atoms with Gasteiger partial charge in [-0.1, -0.05) is 6.42 Å². The van der Waals surface area contributed by atoms with Gasteiger partial charge in [0.25, 0.3) is 5.91 Å². The molecule has 4 rings (SSSR count). The average Bonchev–Trinajstić information content (AvgIpc) is 3.27. The number of amides is 1. The average molecular weight is 353 g/mol. The minimum Gasteiger partial charge on any atom is -0.480 e. The van der Waals surface area contributed by atoms with Gasteiger partial charge in [0.15, 0.2) is 0 Å². The van der Waals surface area contributed by atoms with Crippen molar-refractivity contribution in [2.45, 2.75) is 39.2 Å². The predicted molar refractivity (Wildman–Crippen MR) is 96.3 cm³/mol. The summed E-state index contributed by atoms with van der Waals surface area (Å²) < 4.78 is 1.84. The molecule has 2 aliphatic rings. The van der Waals surface area contributed by atoms with Gasteiger partial charge in [0.05, 0.1) is 11.4 Å². The Bertz CT molecular complexity index is 856. The maximum Gasteiger partial charge on any atom is 0.326 e. The molecule has 1 aromatic heterocycles. The number of carbonyl (C=O) groups is 2. The zero-order valence-corrected chi connectivity index (χ0v) is 15.1. The lowest BCUT2D eigenvalue weighted by molar-refractivity contribution is -0.142. The standard InChI is InChI=1S/C20H23N3O3/c1-12-10-13(2)23(21-12)16-8-6-14(7-9-16)19(24)22-11-15-4-3-5-17(15)18(22)20(25)26/h6-10,15,17-18H,3-5,11H2,1-2H3,(H,25,26). The molecule has 6 heteroatoms. The van der Waals surface area contributed by atoms with Crippen molar-refractivity contribution in [3.8, 4) is 5.69 Å². The van der Waals surface area contributed by atoms with Gasteiger partial charge < -0.3 is 10.0 Å². The molecule has 0 radical (unpaired) electrons. The van der Waals surface area contributed by atoms with E-state index >= 15 is 0 Å². The smallest absolute Gasteiger partial charge is 0.326 e. The number of aromatic nitrogens is 2. The number of carbonyl (C=O) groups excluding carboxylic acids is 1. The molecule has 2 aromatic rings. The van der Waals surface area contributed by atoms with Crippen LogP contribution in [0.15, 0.2) is 30.3 Å². The van der Waals surface area contributed by atoms with E-state index in [1.807, 2.05) is 36.7 Å². The van der Waals surface area contributed by atoms with Crippen molar-refractivity contribution in [1.82, 2.24) is 14.7 Å². The van der Waals surface area contributed by atoms with E-state index in [4.69, 9.17) is 0 Å². The van der Waals surface area contributed by atoms with Crippen molar-refractivity contribution in [3.63, 3.8) is 0 Å². The highest BCUT2D eigenvalue weighted by atomic mass is 16.4. The molecule has 26 heavy (non-hydrogen) atoms. The van der Waals surface area contributed by atoms with Crippen molar-refractivity contribution < 1.29 is 14.7 Å². The summed E-state index contributed by atoms with van der Waals surface area (Å²) in [6, 6.07) is 8.56. The SMILES string of the molecule is Cc1cc(C)n(-c2ccc(C(=O)N3CC4CCCC4C3C(=O)O)cc2)n1. The summed E-state index contributed by atoms with van der Waals surface area (Å²) in [5.41, 5.74) is 3.39. The van der Waals surface area contributed by atoms with Crippen LogP contribution in [0.3, 0.4) is 0 Å². The van der Waals surface area contributed by atoms with Crippen LogP contribution in [0.4, 0.5) is 0 Å². The van der Waals surface area contributed by atoms with E-state index in [1.54, 1.807) is 17.0 Å². The molecule has 0 bridgehead atoms. The van der Waals surface area contributed by atoms with Crippen molar-refractivity contribution in [1.29, 1.82) is 0 Å². The number of hydrogen-bond acceptors (Lipinski definition) is 3. The van der Waals surface area contributed by atoms with E-state index in [0.717, 1.165) is 36.3 Å². The topological polar surface area (TPSA) is 75.4 Å². The van der Waals surface area contributed by atoms with Gasteiger partial charge in [-0.15, -0.1) is 0 Å². The van der Waals surface area contributed by atoms with Crippen LogP contribution in [0.5, 0.6) is 0 Å². The second-order valence-electron chi connectivity index (χ2n) is 7.48. The Labute approximate surface area is 152 Å². The van der Waals surface area contributed by atoms with E-state index in [9.17, 15) is 14.7 Å². The minimum atomic E-state index is -0.882. The van der Waals surface area contributed by atoms with Gasteiger partial charge in [0.2, 0.25) is 0 Å². The van der Waals surface area contributed by atoms with Crippen LogP contribution >= 0.6 is 0 Å². The summed E-state index contributed by atoms with van der Waals surface area (Å²) in [4.78, 5) is 26.3. The van der Waals surface area contributed by atoms with Crippen molar-refractivity contribution >= 4 is 11.9 Å². The molecule has 2 heterocycles. The van der Waals surface area contributed by atoms with Crippen LogP contribution in [0.25, 0.3) is 5.69 Å². The molecule has 1 aliphatic carbocycles. The molecule has 3 unspecified atom stereocenters. The number of benzene rings is 1. The number of carboxylic acids is 1. The lowest BCUT2D eigenvalue weighted by Gasteiger charge is -2.24. The molecular weight excluding hydrogens is 330 g/mol. The minimum absolute atomic E-state index is 0.102. The summed E-state index contributed by atoms with van der Waals surface area (Å²) in [5, 5.41) is 14.1. The molecule has 1 saturated heterocycles. The fraction of sp³-hybridized carbons (Fsp3) is 0.450. The first-order valence-corrected chi connectivity index (χ1v) is 9.13. The summed E-state index contributed by atoms with van der Waals surface area (Å²) in [6.07, 6.45) is 3.00. The number of nitrogens with zero attached hydrogens (tertiary/aromatic N) is 3. The molecule has 2 fully saturated rings. The molecular formula is C20H23N3O3.